The third-order valence-corrected chi connectivity index (χ3v) is 4.43. The smallest absolute Gasteiger partial charge is 0.224 e. The Morgan fingerprint density at radius 3 is 2.43 bits per heavy atom. The molecule has 6 nitrogen and oxygen atoms in total. The summed E-state index contributed by atoms with van der Waals surface area (Å²) in [4.78, 5) is 16.1. The lowest BCUT2D eigenvalue weighted by Crippen LogP contribution is -2.37. The van der Waals surface area contributed by atoms with Crippen LogP contribution in [0.15, 0.2) is 53.5 Å². The predicted octanol–water partition coefficient (Wildman–Crippen LogP) is 3.72. The first-order valence-electron chi connectivity index (χ1n) is 10.0. The molecule has 30 heavy (non-hydrogen) atoms. The first-order chi connectivity index (χ1) is 14.2. The minimum Gasteiger partial charge on any atom is -0.491 e. The van der Waals surface area contributed by atoms with Gasteiger partial charge in [-0.2, -0.15) is 0 Å². The molecule has 7 heteroatoms. The Morgan fingerprint density at radius 2 is 1.83 bits per heavy atom. The number of ether oxygens (including phenoxy) is 1. The maximum absolute atomic E-state index is 13.8. The van der Waals surface area contributed by atoms with Crippen molar-refractivity contribution in [3.63, 3.8) is 0 Å². The molecule has 0 fully saturated rings. The molecule has 0 aliphatic heterocycles. The van der Waals surface area contributed by atoms with E-state index in [9.17, 15) is 9.18 Å². The molecule has 1 amide bonds. The van der Waals surface area contributed by atoms with Crippen molar-refractivity contribution in [2.75, 3.05) is 18.4 Å². The summed E-state index contributed by atoms with van der Waals surface area (Å²) < 4.78 is 19.5. The van der Waals surface area contributed by atoms with Gasteiger partial charge in [-0.25, -0.2) is 4.39 Å². The van der Waals surface area contributed by atoms with Crippen molar-refractivity contribution in [3.8, 4) is 5.75 Å². The van der Waals surface area contributed by atoms with Crippen molar-refractivity contribution in [2.24, 2.45) is 16.1 Å². The standard InChI is InChI=1S/C23H31FN4O2/c1-16(2)30-19-11-9-18(10-12-19)28-22(27-15-23(3,4)21(25)29)26-14-13-17-7-5-6-8-20(17)24/h5-12,16H,13-15H2,1-4H3,(H2,25,29)(H2,26,27,28). The Bertz CT molecular complexity index is 864. The predicted molar refractivity (Wildman–Crippen MR) is 119 cm³/mol. The molecule has 0 aliphatic carbocycles. The highest BCUT2D eigenvalue weighted by atomic mass is 19.1. The summed E-state index contributed by atoms with van der Waals surface area (Å²) >= 11 is 0. The second kappa shape index (κ2) is 10.6. The van der Waals surface area contributed by atoms with E-state index in [0.717, 1.165) is 11.4 Å². The van der Waals surface area contributed by atoms with Crippen LogP contribution in [0.4, 0.5) is 10.1 Å². The molecular formula is C23H31FN4O2. The largest absolute Gasteiger partial charge is 0.491 e. The number of primary amides is 1. The normalized spacial score (nSPS) is 12.0. The summed E-state index contributed by atoms with van der Waals surface area (Å²) in [7, 11) is 0. The monoisotopic (exact) mass is 414 g/mol. The molecule has 2 aromatic carbocycles. The van der Waals surface area contributed by atoms with Crippen LogP contribution in [-0.4, -0.2) is 31.1 Å². The first kappa shape index (κ1) is 23.2. The molecule has 0 spiro atoms. The van der Waals surface area contributed by atoms with Crippen molar-refractivity contribution in [2.45, 2.75) is 40.2 Å². The topological polar surface area (TPSA) is 88.7 Å². The Hall–Kier alpha value is -3.09. The molecule has 0 unspecified atom stereocenters. The van der Waals surface area contributed by atoms with Crippen molar-refractivity contribution in [1.29, 1.82) is 0 Å². The quantitative estimate of drug-likeness (QED) is 0.431. The molecule has 2 rings (SSSR count). The summed E-state index contributed by atoms with van der Waals surface area (Å²) in [6, 6.07) is 14.2. The Kier molecular flexibility index (Phi) is 8.21. The fourth-order valence-corrected chi connectivity index (χ4v) is 2.54. The fraction of sp³-hybridized carbons (Fsp3) is 0.391. The Labute approximate surface area is 177 Å². The third kappa shape index (κ3) is 7.39. The molecule has 0 radical (unpaired) electrons. The zero-order chi connectivity index (χ0) is 22.1. The van der Waals surface area contributed by atoms with Crippen molar-refractivity contribution in [3.05, 3.63) is 59.9 Å². The second-order valence-electron chi connectivity index (χ2n) is 8.00. The van der Waals surface area contributed by atoms with Crippen molar-refractivity contribution in [1.82, 2.24) is 5.32 Å². The van der Waals surface area contributed by atoms with Gasteiger partial charge in [0.05, 0.1) is 18.1 Å². The number of hydrogen-bond acceptors (Lipinski definition) is 3. The molecule has 0 atom stereocenters. The lowest BCUT2D eigenvalue weighted by Gasteiger charge is -2.19. The van der Waals surface area contributed by atoms with Crippen LogP contribution in [0.25, 0.3) is 0 Å². The van der Waals surface area contributed by atoms with Gasteiger partial charge in [0.2, 0.25) is 5.91 Å². The number of halogens is 1. The van der Waals surface area contributed by atoms with E-state index in [1.807, 2.05) is 44.2 Å². The first-order valence-corrected chi connectivity index (χ1v) is 10.0. The molecule has 162 valence electrons. The average molecular weight is 415 g/mol. The van der Waals surface area contributed by atoms with Crippen LogP contribution in [0.1, 0.15) is 33.3 Å². The molecule has 0 bridgehead atoms. The Morgan fingerprint density at radius 1 is 1.17 bits per heavy atom. The zero-order valence-corrected chi connectivity index (χ0v) is 18.0. The molecule has 0 saturated heterocycles. The number of guanidine groups is 1. The number of hydrogen-bond donors (Lipinski definition) is 3. The van der Waals surface area contributed by atoms with Crippen LogP contribution in [0, 0.1) is 11.2 Å². The van der Waals surface area contributed by atoms with Crippen LogP contribution in [-0.2, 0) is 11.2 Å². The molecular weight excluding hydrogens is 383 g/mol. The molecule has 0 heterocycles. The molecule has 4 N–H and O–H groups in total. The summed E-state index contributed by atoms with van der Waals surface area (Å²) in [6.07, 6.45) is 0.588. The lowest BCUT2D eigenvalue weighted by molar-refractivity contribution is -0.125. The van der Waals surface area contributed by atoms with Gasteiger partial charge in [0, 0.05) is 12.2 Å². The minimum absolute atomic E-state index is 0.0945. The van der Waals surface area contributed by atoms with E-state index in [0.29, 0.717) is 24.5 Å². The van der Waals surface area contributed by atoms with Gasteiger partial charge >= 0.3 is 0 Å². The minimum atomic E-state index is -0.783. The number of aliphatic imine (C=N–C) groups is 1. The second-order valence-corrected chi connectivity index (χ2v) is 8.00. The number of carbonyl (C=O) groups excluding carboxylic acids is 1. The van der Waals surface area contributed by atoms with E-state index in [2.05, 4.69) is 15.6 Å². The maximum Gasteiger partial charge on any atom is 0.224 e. The van der Waals surface area contributed by atoms with Gasteiger partial charge in [0.15, 0.2) is 5.96 Å². The maximum atomic E-state index is 13.8. The molecule has 0 aromatic heterocycles. The van der Waals surface area contributed by atoms with E-state index in [1.54, 1.807) is 26.0 Å². The number of nitrogens with one attached hydrogen (secondary N) is 2. The number of carbonyl (C=O) groups is 1. The van der Waals surface area contributed by atoms with Gasteiger partial charge in [-0.05, 0) is 70.0 Å². The number of benzene rings is 2. The summed E-state index contributed by atoms with van der Waals surface area (Å²) in [5.41, 5.74) is 6.10. The highest BCUT2D eigenvalue weighted by molar-refractivity contribution is 5.94. The summed E-state index contributed by atoms with van der Waals surface area (Å²) in [6.45, 7) is 8.11. The summed E-state index contributed by atoms with van der Waals surface area (Å²) in [5.74, 6) is 0.600. The van der Waals surface area contributed by atoms with Crippen LogP contribution in [0.3, 0.4) is 0 Å². The van der Waals surface area contributed by atoms with Crippen LogP contribution in [0.5, 0.6) is 5.75 Å². The van der Waals surface area contributed by atoms with Gasteiger partial charge in [-0.15, -0.1) is 0 Å². The molecule has 0 saturated carbocycles. The van der Waals surface area contributed by atoms with Crippen LogP contribution in [0.2, 0.25) is 0 Å². The third-order valence-electron chi connectivity index (χ3n) is 4.43. The van der Waals surface area contributed by atoms with Crippen LogP contribution < -0.4 is 21.1 Å². The van der Waals surface area contributed by atoms with Gasteiger partial charge < -0.3 is 21.1 Å². The van der Waals surface area contributed by atoms with Gasteiger partial charge in [0.25, 0.3) is 0 Å². The number of amides is 1. The van der Waals surface area contributed by atoms with E-state index < -0.39 is 11.3 Å². The molecule has 0 aliphatic rings. The van der Waals surface area contributed by atoms with E-state index in [4.69, 9.17) is 10.5 Å². The number of nitrogens with zero attached hydrogens (tertiary/aromatic N) is 1. The number of nitrogens with two attached hydrogens (primary N) is 1. The van der Waals surface area contributed by atoms with Crippen LogP contribution >= 0.6 is 0 Å². The van der Waals surface area contributed by atoms with Gasteiger partial charge in [-0.3, -0.25) is 9.79 Å². The van der Waals surface area contributed by atoms with E-state index >= 15 is 0 Å². The van der Waals surface area contributed by atoms with Gasteiger partial charge in [-0.1, -0.05) is 18.2 Å². The average Bonchev–Trinajstić information content (AvgIpc) is 2.68. The molecule has 2 aromatic rings. The van der Waals surface area contributed by atoms with Crippen molar-refractivity contribution >= 4 is 17.6 Å². The number of rotatable bonds is 9. The number of anilines is 1. The van der Waals surface area contributed by atoms with Crippen molar-refractivity contribution < 1.29 is 13.9 Å². The lowest BCUT2D eigenvalue weighted by atomic mass is 9.93. The van der Waals surface area contributed by atoms with Gasteiger partial charge in [0.1, 0.15) is 11.6 Å². The highest BCUT2D eigenvalue weighted by Gasteiger charge is 2.24. The fourth-order valence-electron chi connectivity index (χ4n) is 2.54. The van der Waals surface area contributed by atoms with E-state index in [-0.39, 0.29) is 18.5 Å². The highest BCUT2D eigenvalue weighted by Crippen LogP contribution is 2.18. The zero-order valence-electron chi connectivity index (χ0n) is 18.0. The Balaban J connectivity index is 2.08. The van der Waals surface area contributed by atoms with E-state index in [1.165, 1.54) is 6.07 Å². The summed E-state index contributed by atoms with van der Waals surface area (Å²) in [5, 5.41) is 6.40. The SMILES string of the molecule is CC(C)Oc1ccc(NC(=NCC(C)(C)C(N)=O)NCCc2ccccc2F)cc1.